The zero-order chi connectivity index (χ0) is 12.2. The van der Waals surface area contributed by atoms with Crippen LogP contribution in [0, 0.1) is 0 Å². The average Bonchev–Trinajstić information content (AvgIpc) is 2.49. The van der Waals surface area contributed by atoms with Crippen molar-refractivity contribution in [1.29, 1.82) is 0 Å². The number of hydrogen-bond donors (Lipinski definition) is 1. The second kappa shape index (κ2) is 5.72. The number of nitrogens with one attached hydrogen (secondary N) is 1. The molecule has 2 heterocycles. The van der Waals surface area contributed by atoms with E-state index in [0.717, 1.165) is 32.8 Å². The number of benzene rings is 1. The van der Waals surface area contributed by atoms with Crippen LogP contribution in [0.5, 0.6) is 0 Å². The Kier molecular flexibility index (Phi) is 3.81. The minimum atomic E-state index is 0.706. The van der Waals surface area contributed by atoms with Crippen molar-refractivity contribution < 1.29 is 4.74 Å². The molecule has 98 valence electrons. The summed E-state index contributed by atoms with van der Waals surface area (Å²) in [5.41, 5.74) is 2.82. The van der Waals surface area contributed by atoms with Gasteiger partial charge in [-0.3, -0.25) is 0 Å². The maximum Gasteiger partial charge on any atom is 0.0642 e. The van der Waals surface area contributed by atoms with Crippen LogP contribution in [0.3, 0.4) is 0 Å². The molecule has 0 radical (unpaired) electrons. The molecule has 2 aliphatic rings. The monoisotopic (exact) mass is 246 g/mol. The lowest BCUT2D eigenvalue weighted by Gasteiger charge is -2.29. The van der Waals surface area contributed by atoms with Gasteiger partial charge in [-0.1, -0.05) is 12.1 Å². The first-order valence-electron chi connectivity index (χ1n) is 7.07. The van der Waals surface area contributed by atoms with Crippen LogP contribution in [0.25, 0.3) is 0 Å². The van der Waals surface area contributed by atoms with Crippen LogP contribution < -0.4 is 10.2 Å². The molecule has 0 aromatic heterocycles. The molecule has 18 heavy (non-hydrogen) atoms. The molecule has 0 saturated carbocycles. The third kappa shape index (κ3) is 2.68. The van der Waals surface area contributed by atoms with Gasteiger partial charge in [-0.15, -0.1) is 0 Å². The Balaban J connectivity index is 1.67. The Labute approximate surface area is 109 Å². The standard InChI is InChI=1S/C15H22N2O/c1-2-14(12-16-7-1)13-3-5-15(6-4-13)17-8-10-18-11-9-17/h3-6,14,16H,1-2,7-12H2. The van der Waals surface area contributed by atoms with Gasteiger partial charge in [0.15, 0.2) is 0 Å². The maximum absolute atomic E-state index is 5.39. The molecule has 0 amide bonds. The number of anilines is 1. The highest BCUT2D eigenvalue weighted by Gasteiger charge is 2.16. The molecule has 2 fully saturated rings. The van der Waals surface area contributed by atoms with E-state index in [1.807, 2.05) is 0 Å². The summed E-state index contributed by atoms with van der Waals surface area (Å²) < 4.78 is 5.39. The number of rotatable bonds is 2. The first-order chi connectivity index (χ1) is 8.93. The van der Waals surface area contributed by atoms with Crippen LogP contribution >= 0.6 is 0 Å². The second-order valence-corrected chi connectivity index (χ2v) is 5.23. The van der Waals surface area contributed by atoms with Crippen molar-refractivity contribution in [1.82, 2.24) is 5.32 Å². The van der Waals surface area contributed by atoms with Crippen molar-refractivity contribution >= 4 is 5.69 Å². The molecule has 3 nitrogen and oxygen atoms in total. The zero-order valence-electron chi connectivity index (χ0n) is 10.9. The van der Waals surface area contributed by atoms with Gasteiger partial charge < -0.3 is 15.0 Å². The Morgan fingerprint density at radius 3 is 2.56 bits per heavy atom. The Bertz CT molecular complexity index is 328. The highest BCUT2D eigenvalue weighted by atomic mass is 16.5. The van der Waals surface area contributed by atoms with Gasteiger partial charge in [0.2, 0.25) is 0 Å². The van der Waals surface area contributed by atoms with Crippen molar-refractivity contribution in [2.24, 2.45) is 0 Å². The third-order valence-electron chi connectivity index (χ3n) is 4.04. The molecule has 3 heteroatoms. The molecule has 1 unspecified atom stereocenters. The first kappa shape index (κ1) is 12.0. The number of ether oxygens (including phenoxy) is 1. The Hall–Kier alpha value is -1.06. The predicted octanol–water partition coefficient (Wildman–Crippen LogP) is 1.99. The van der Waals surface area contributed by atoms with E-state index < -0.39 is 0 Å². The van der Waals surface area contributed by atoms with Crippen LogP contribution in [-0.4, -0.2) is 39.4 Å². The normalized spacial score (nSPS) is 25.1. The van der Waals surface area contributed by atoms with Gasteiger partial charge in [-0.25, -0.2) is 0 Å². The van der Waals surface area contributed by atoms with Gasteiger partial charge in [-0.05, 0) is 43.0 Å². The minimum Gasteiger partial charge on any atom is -0.378 e. The second-order valence-electron chi connectivity index (χ2n) is 5.23. The predicted molar refractivity (Wildman–Crippen MR) is 74.3 cm³/mol. The van der Waals surface area contributed by atoms with Crippen molar-refractivity contribution in [3.05, 3.63) is 29.8 Å². The van der Waals surface area contributed by atoms with Crippen molar-refractivity contribution in [3.8, 4) is 0 Å². The quantitative estimate of drug-likeness (QED) is 0.863. The number of morpholine rings is 1. The van der Waals surface area contributed by atoms with Crippen LogP contribution in [0.15, 0.2) is 24.3 Å². The van der Waals surface area contributed by atoms with Crippen molar-refractivity contribution in [2.45, 2.75) is 18.8 Å². The fourth-order valence-electron chi connectivity index (χ4n) is 2.92. The van der Waals surface area contributed by atoms with Gasteiger partial charge in [-0.2, -0.15) is 0 Å². The summed E-state index contributed by atoms with van der Waals surface area (Å²) in [6.45, 7) is 6.07. The van der Waals surface area contributed by atoms with Gasteiger partial charge >= 0.3 is 0 Å². The van der Waals surface area contributed by atoms with E-state index in [1.54, 1.807) is 0 Å². The Morgan fingerprint density at radius 1 is 1.11 bits per heavy atom. The van der Waals surface area contributed by atoms with E-state index in [2.05, 4.69) is 34.5 Å². The van der Waals surface area contributed by atoms with Gasteiger partial charge in [0.1, 0.15) is 0 Å². The summed E-state index contributed by atoms with van der Waals surface area (Å²) in [5.74, 6) is 0.706. The zero-order valence-corrected chi connectivity index (χ0v) is 10.9. The third-order valence-corrected chi connectivity index (χ3v) is 4.04. The largest absolute Gasteiger partial charge is 0.378 e. The molecule has 1 aromatic rings. The molecule has 1 atom stereocenters. The summed E-state index contributed by atoms with van der Waals surface area (Å²) in [5, 5.41) is 3.48. The highest BCUT2D eigenvalue weighted by Crippen LogP contribution is 2.25. The van der Waals surface area contributed by atoms with E-state index in [0.29, 0.717) is 5.92 Å². The van der Waals surface area contributed by atoms with Gasteiger partial charge in [0.05, 0.1) is 13.2 Å². The molecule has 2 aliphatic heterocycles. The first-order valence-corrected chi connectivity index (χ1v) is 7.07. The number of nitrogens with zero attached hydrogens (tertiary/aromatic N) is 1. The molecule has 0 spiro atoms. The maximum atomic E-state index is 5.39. The van der Waals surface area contributed by atoms with Gasteiger partial charge in [0.25, 0.3) is 0 Å². The summed E-state index contributed by atoms with van der Waals surface area (Å²) in [6.07, 6.45) is 2.62. The van der Waals surface area contributed by atoms with E-state index in [9.17, 15) is 0 Å². The molecule has 0 bridgehead atoms. The topological polar surface area (TPSA) is 24.5 Å². The molecular weight excluding hydrogens is 224 g/mol. The Morgan fingerprint density at radius 2 is 1.89 bits per heavy atom. The van der Waals surface area contributed by atoms with E-state index in [-0.39, 0.29) is 0 Å². The fourth-order valence-corrected chi connectivity index (χ4v) is 2.92. The fraction of sp³-hybridized carbons (Fsp3) is 0.600. The van der Waals surface area contributed by atoms with Crippen LogP contribution in [0.1, 0.15) is 24.3 Å². The van der Waals surface area contributed by atoms with E-state index in [1.165, 1.54) is 30.6 Å². The highest BCUT2D eigenvalue weighted by molar-refractivity contribution is 5.48. The number of piperidine rings is 1. The lowest BCUT2D eigenvalue weighted by atomic mass is 9.91. The average molecular weight is 246 g/mol. The molecule has 1 aromatic carbocycles. The summed E-state index contributed by atoms with van der Waals surface area (Å²) in [7, 11) is 0. The molecule has 3 rings (SSSR count). The minimum absolute atomic E-state index is 0.706. The SMILES string of the molecule is c1cc(N2CCOCC2)ccc1C1CCCNC1. The van der Waals surface area contributed by atoms with Crippen LogP contribution in [-0.2, 0) is 4.74 Å². The van der Waals surface area contributed by atoms with Crippen LogP contribution in [0.4, 0.5) is 5.69 Å². The smallest absolute Gasteiger partial charge is 0.0642 e. The van der Waals surface area contributed by atoms with E-state index >= 15 is 0 Å². The summed E-state index contributed by atoms with van der Waals surface area (Å²) in [6, 6.07) is 9.16. The molecular formula is C15H22N2O. The lowest BCUT2D eigenvalue weighted by molar-refractivity contribution is 0.122. The van der Waals surface area contributed by atoms with Crippen molar-refractivity contribution in [3.63, 3.8) is 0 Å². The van der Waals surface area contributed by atoms with Crippen LogP contribution in [0.2, 0.25) is 0 Å². The van der Waals surface area contributed by atoms with Gasteiger partial charge in [0, 0.05) is 25.3 Å². The molecule has 1 N–H and O–H groups in total. The summed E-state index contributed by atoms with van der Waals surface area (Å²) in [4.78, 5) is 2.41. The molecule has 0 aliphatic carbocycles. The van der Waals surface area contributed by atoms with E-state index in [4.69, 9.17) is 4.74 Å². The van der Waals surface area contributed by atoms with Crippen molar-refractivity contribution in [2.75, 3.05) is 44.3 Å². The number of hydrogen-bond acceptors (Lipinski definition) is 3. The summed E-state index contributed by atoms with van der Waals surface area (Å²) >= 11 is 0. The molecule has 2 saturated heterocycles. The lowest BCUT2D eigenvalue weighted by Crippen LogP contribution is -2.36.